The van der Waals surface area contributed by atoms with Gasteiger partial charge in [0.2, 0.25) is 0 Å². The molecule has 0 unspecified atom stereocenters. The first-order valence-corrected chi connectivity index (χ1v) is 9.16. The Balaban J connectivity index is 1.82. The van der Waals surface area contributed by atoms with E-state index in [9.17, 15) is 19.8 Å². The quantitative estimate of drug-likeness (QED) is 0.871. The summed E-state index contributed by atoms with van der Waals surface area (Å²) in [5.41, 5.74) is 2.14. The van der Waals surface area contributed by atoms with Crippen molar-refractivity contribution in [1.82, 2.24) is 4.90 Å². The molecule has 1 heterocycles. The van der Waals surface area contributed by atoms with Gasteiger partial charge in [0.1, 0.15) is 5.41 Å². The van der Waals surface area contributed by atoms with Crippen molar-refractivity contribution >= 4 is 11.9 Å². The highest BCUT2D eigenvalue weighted by Gasteiger charge is 2.49. The van der Waals surface area contributed by atoms with E-state index in [4.69, 9.17) is 0 Å². The highest BCUT2D eigenvalue weighted by Crippen LogP contribution is 2.36. The van der Waals surface area contributed by atoms with Crippen LogP contribution >= 0.6 is 0 Å². The van der Waals surface area contributed by atoms with Crippen LogP contribution < -0.4 is 0 Å². The Morgan fingerprint density at radius 1 is 1.11 bits per heavy atom. The third kappa shape index (κ3) is 3.60. The standard InChI is InChI=1S/C22H25NO4/c1-15-7-6-10-18(16(15)2)20(25)23-12-11-22(21(26)27,19(24)14-23)13-17-8-4-3-5-9-17/h3-10,19,24H,11-14H2,1-2H3,(H,26,27)/t19-,22-/m1/s1. The molecule has 1 fully saturated rings. The number of carbonyl (C=O) groups excluding carboxylic acids is 1. The Hall–Kier alpha value is -2.66. The van der Waals surface area contributed by atoms with E-state index in [1.54, 1.807) is 11.0 Å². The number of β-amino-alcohol motifs (C(OH)–C–C–N with tert-alkyl or cyclic N) is 1. The van der Waals surface area contributed by atoms with Gasteiger partial charge in [0.15, 0.2) is 0 Å². The van der Waals surface area contributed by atoms with Gasteiger partial charge in [0.05, 0.1) is 6.10 Å². The van der Waals surface area contributed by atoms with E-state index >= 15 is 0 Å². The first kappa shape index (κ1) is 19.1. The Morgan fingerprint density at radius 2 is 1.81 bits per heavy atom. The maximum absolute atomic E-state index is 12.9. The summed E-state index contributed by atoms with van der Waals surface area (Å²) < 4.78 is 0. The molecule has 5 heteroatoms. The molecule has 5 nitrogen and oxygen atoms in total. The molecule has 0 saturated carbocycles. The van der Waals surface area contributed by atoms with Gasteiger partial charge in [-0.1, -0.05) is 42.5 Å². The number of benzene rings is 2. The number of hydrogen-bond donors (Lipinski definition) is 2. The van der Waals surface area contributed by atoms with Crippen molar-refractivity contribution in [3.8, 4) is 0 Å². The summed E-state index contributed by atoms with van der Waals surface area (Å²) in [6.07, 6.45) is -0.664. The fourth-order valence-electron chi connectivity index (χ4n) is 3.80. The highest BCUT2D eigenvalue weighted by atomic mass is 16.4. The van der Waals surface area contributed by atoms with E-state index in [-0.39, 0.29) is 25.3 Å². The van der Waals surface area contributed by atoms with E-state index in [1.165, 1.54) is 0 Å². The maximum Gasteiger partial charge on any atom is 0.312 e. The van der Waals surface area contributed by atoms with E-state index in [0.29, 0.717) is 12.1 Å². The topological polar surface area (TPSA) is 77.8 Å². The Bertz CT molecular complexity index is 849. The van der Waals surface area contributed by atoms with Crippen molar-refractivity contribution in [2.45, 2.75) is 32.8 Å². The van der Waals surface area contributed by atoms with Crippen LogP contribution in [0.2, 0.25) is 0 Å². The molecular weight excluding hydrogens is 342 g/mol. The minimum Gasteiger partial charge on any atom is -0.481 e. The van der Waals surface area contributed by atoms with Gasteiger partial charge in [0, 0.05) is 18.7 Å². The van der Waals surface area contributed by atoms with Gasteiger partial charge in [-0.25, -0.2) is 0 Å². The number of carboxylic acid groups (broad SMARTS) is 1. The summed E-state index contributed by atoms with van der Waals surface area (Å²) in [6.45, 7) is 4.18. The van der Waals surface area contributed by atoms with Crippen LogP contribution in [-0.4, -0.2) is 46.2 Å². The zero-order chi connectivity index (χ0) is 19.6. The molecule has 2 atom stereocenters. The first-order valence-electron chi connectivity index (χ1n) is 9.16. The van der Waals surface area contributed by atoms with Crippen LogP contribution in [0.3, 0.4) is 0 Å². The number of carbonyl (C=O) groups is 2. The van der Waals surface area contributed by atoms with Gasteiger partial charge >= 0.3 is 5.97 Å². The predicted molar refractivity (Wildman–Crippen MR) is 103 cm³/mol. The lowest BCUT2D eigenvalue weighted by Gasteiger charge is -2.43. The lowest BCUT2D eigenvalue weighted by molar-refractivity contribution is -0.161. The number of aliphatic carboxylic acids is 1. The highest BCUT2D eigenvalue weighted by molar-refractivity contribution is 5.96. The minimum atomic E-state index is -1.28. The summed E-state index contributed by atoms with van der Waals surface area (Å²) >= 11 is 0. The molecule has 1 aliphatic heterocycles. The van der Waals surface area contributed by atoms with Crippen molar-refractivity contribution < 1.29 is 19.8 Å². The van der Waals surface area contributed by atoms with Crippen molar-refractivity contribution in [1.29, 1.82) is 0 Å². The second-order valence-electron chi connectivity index (χ2n) is 7.39. The SMILES string of the molecule is Cc1cccc(C(=O)N2CC[C@](Cc3ccccc3)(C(=O)O)[C@H](O)C2)c1C. The molecule has 2 aromatic rings. The third-order valence-corrected chi connectivity index (χ3v) is 5.77. The molecule has 0 radical (unpaired) electrons. The van der Waals surface area contributed by atoms with Crippen LogP contribution in [0, 0.1) is 19.3 Å². The number of amides is 1. The maximum atomic E-state index is 12.9. The lowest BCUT2D eigenvalue weighted by Crippen LogP contribution is -2.57. The second-order valence-corrected chi connectivity index (χ2v) is 7.39. The van der Waals surface area contributed by atoms with Gasteiger partial charge in [-0.3, -0.25) is 9.59 Å². The van der Waals surface area contributed by atoms with E-state index in [0.717, 1.165) is 16.7 Å². The number of aryl methyl sites for hydroxylation is 1. The zero-order valence-corrected chi connectivity index (χ0v) is 15.7. The minimum absolute atomic E-state index is 0.0192. The smallest absolute Gasteiger partial charge is 0.312 e. The molecule has 0 bridgehead atoms. The fourth-order valence-corrected chi connectivity index (χ4v) is 3.80. The molecule has 27 heavy (non-hydrogen) atoms. The number of aliphatic hydroxyl groups excluding tert-OH is 1. The molecule has 0 spiro atoms. The summed E-state index contributed by atoms with van der Waals surface area (Å²) in [4.78, 5) is 26.6. The number of hydrogen-bond acceptors (Lipinski definition) is 3. The summed E-state index contributed by atoms with van der Waals surface area (Å²) in [5.74, 6) is -1.17. The molecule has 2 N–H and O–H groups in total. The number of aliphatic hydroxyl groups is 1. The van der Waals surface area contributed by atoms with E-state index < -0.39 is 17.5 Å². The molecule has 1 saturated heterocycles. The van der Waals surface area contributed by atoms with Crippen LogP contribution in [0.15, 0.2) is 48.5 Å². The molecule has 2 aromatic carbocycles. The van der Waals surface area contributed by atoms with Crippen molar-refractivity contribution in [3.05, 3.63) is 70.8 Å². The molecular formula is C22H25NO4. The number of rotatable bonds is 4. The number of likely N-dealkylation sites (tertiary alicyclic amines) is 1. The Labute approximate surface area is 159 Å². The fraction of sp³-hybridized carbons (Fsp3) is 0.364. The number of nitrogens with zero attached hydrogens (tertiary/aromatic N) is 1. The Kier molecular flexibility index (Phi) is 5.33. The molecule has 0 aliphatic carbocycles. The van der Waals surface area contributed by atoms with Gasteiger partial charge in [-0.2, -0.15) is 0 Å². The summed E-state index contributed by atoms with van der Waals surface area (Å²) in [5, 5.41) is 20.6. The molecule has 3 rings (SSSR count). The second kappa shape index (κ2) is 7.53. The van der Waals surface area contributed by atoms with Gasteiger partial charge in [-0.15, -0.1) is 0 Å². The van der Waals surface area contributed by atoms with Crippen molar-refractivity contribution in [3.63, 3.8) is 0 Å². The van der Waals surface area contributed by atoms with Crippen LogP contribution in [-0.2, 0) is 11.2 Å². The average molecular weight is 367 g/mol. The summed E-state index contributed by atoms with van der Waals surface area (Å²) in [7, 11) is 0. The van der Waals surface area contributed by atoms with Gasteiger partial charge < -0.3 is 15.1 Å². The first-order chi connectivity index (χ1) is 12.8. The third-order valence-electron chi connectivity index (χ3n) is 5.77. The van der Waals surface area contributed by atoms with Crippen LogP contribution in [0.5, 0.6) is 0 Å². The lowest BCUT2D eigenvalue weighted by atomic mass is 9.71. The van der Waals surface area contributed by atoms with Crippen LogP contribution in [0.1, 0.15) is 33.5 Å². The van der Waals surface area contributed by atoms with Gasteiger partial charge in [0.25, 0.3) is 5.91 Å². The summed E-state index contributed by atoms with van der Waals surface area (Å²) in [6, 6.07) is 14.9. The average Bonchev–Trinajstić information content (AvgIpc) is 2.65. The largest absolute Gasteiger partial charge is 0.481 e. The number of piperidine rings is 1. The van der Waals surface area contributed by atoms with Crippen LogP contribution in [0.4, 0.5) is 0 Å². The zero-order valence-electron chi connectivity index (χ0n) is 15.7. The van der Waals surface area contributed by atoms with E-state index in [1.807, 2.05) is 56.3 Å². The Morgan fingerprint density at radius 3 is 2.44 bits per heavy atom. The van der Waals surface area contributed by atoms with Gasteiger partial charge in [-0.05, 0) is 49.4 Å². The molecule has 1 aliphatic rings. The van der Waals surface area contributed by atoms with Crippen molar-refractivity contribution in [2.24, 2.45) is 5.41 Å². The molecule has 142 valence electrons. The predicted octanol–water partition coefficient (Wildman–Crippen LogP) is 2.82. The normalized spacial score (nSPS) is 22.5. The molecule has 0 aromatic heterocycles. The van der Waals surface area contributed by atoms with Crippen molar-refractivity contribution in [2.75, 3.05) is 13.1 Å². The number of carboxylic acids is 1. The molecule has 1 amide bonds. The monoisotopic (exact) mass is 367 g/mol. The van der Waals surface area contributed by atoms with E-state index in [2.05, 4.69) is 0 Å². The van der Waals surface area contributed by atoms with Crippen LogP contribution in [0.25, 0.3) is 0 Å².